The first-order chi connectivity index (χ1) is 24.1. The molecule has 8 nitrogen and oxygen atoms in total. The van der Waals surface area contributed by atoms with Gasteiger partial charge in [0, 0.05) is 19.3 Å². The van der Waals surface area contributed by atoms with E-state index in [-0.39, 0.29) is 43.1 Å². The molecule has 0 aliphatic rings. The lowest BCUT2D eigenvalue weighted by atomic mass is 10.1. The maximum Gasteiger partial charge on any atom is 0.306 e. The average Bonchev–Trinajstić information content (AvgIpc) is 3.06. The van der Waals surface area contributed by atoms with E-state index in [1.165, 1.54) is 77.0 Å². The van der Waals surface area contributed by atoms with Crippen molar-refractivity contribution >= 4 is 17.9 Å². The van der Waals surface area contributed by atoms with Crippen LogP contribution in [0.5, 0.6) is 0 Å². The molecule has 0 radical (unpaired) electrons. The van der Waals surface area contributed by atoms with Crippen LogP contribution in [0.3, 0.4) is 0 Å². The van der Waals surface area contributed by atoms with E-state index in [1.54, 1.807) is 21.1 Å². The van der Waals surface area contributed by atoms with E-state index in [2.05, 4.69) is 50.3 Å². The molecule has 8 heteroatoms. The minimum atomic E-state index is -1.14. The second-order valence-corrected chi connectivity index (χ2v) is 14.2. The van der Waals surface area contributed by atoms with Crippen molar-refractivity contribution in [1.82, 2.24) is 0 Å². The number of esters is 2. The Bertz CT molecular complexity index is 964. The molecule has 0 saturated carbocycles. The summed E-state index contributed by atoms with van der Waals surface area (Å²) >= 11 is 0. The van der Waals surface area contributed by atoms with Gasteiger partial charge < -0.3 is 28.6 Å². The fourth-order valence-electron chi connectivity index (χ4n) is 5.41. The van der Waals surface area contributed by atoms with Gasteiger partial charge in [-0.05, 0) is 51.4 Å². The van der Waals surface area contributed by atoms with Crippen LogP contribution in [-0.2, 0) is 28.6 Å². The normalized spacial score (nSPS) is 13.5. The standard InChI is InChI=1S/C42H73NO7/c1-6-8-10-12-14-15-16-17-18-19-20-21-22-23-24-25-27-28-30-32-40(44)49-37-38(36-48-35-34-39(42(46)47)43(3,4)5)50-41(45)33-31-29-26-13-11-9-7-2/h9,11,14-17,26,29,38-39H,6-8,10,12-13,18-25,27-28,30-37H2,1-5H3/b11-9+,15-14+,17-16+,29-26+. The fraction of sp³-hybridized carbons (Fsp3) is 0.738. The quantitative estimate of drug-likeness (QED) is 0.0217. The van der Waals surface area contributed by atoms with Crippen LogP contribution in [-0.4, -0.2) is 75.5 Å². The number of rotatable bonds is 34. The highest BCUT2D eigenvalue weighted by molar-refractivity contribution is 5.70. The molecule has 0 N–H and O–H groups in total. The summed E-state index contributed by atoms with van der Waals surface area (Å²) in [5.74, 6) is -1.84. The number of carbonyl (C=O) groups excluding carboxylic acids is 3. The summed E-state index contributed by atoms with van der Waals surface area (Å²) in [6, 6.07) is -0.733. The van der Waals surface area contributed by atoms with Crippen LogP contribution in [0, 0.1) is 0 Å². The Kier molecular flexibility index (Phi) is 31.6. The molecule has 0 aromatic heterocycles. The van der Waals surface area contributed by atoms with Gasteiger partial charge in [-0.25, -0.2) is 0 Å². The number of allylic oxidation sites excluding steroid dienone is 8. The maximum atomic E-state index is 12.5. The van der Waals surface area contributed by atoms with E-state index in [1.807, 2.05) is 12.2 Å². The molecule has 0 aliphatic carbocycles. The zero-order valence-electron chi connectivity index (χ0n) is 32.5. The SMILES string of the molecule is CC/C=C/C/C=C/CCC(=O)OC(COCCC(C(=O)[O-])[N+](C)(C)C)COC(=O)CCCCCCCCCCCC/C=C/C=C/CCCCC. The number of hydrogen-bond donors (Lipinski definition) is 0. The molecule has 0 heterocycles. The number of nitrogens with zero attached hydrogens (tertiary/aromatic N) is 1. The zero-order valence-corrected chi connectivity index (χ0v) is 32.5. The summed E-state index contributed by atoms with van der Waals surface area (Å²) in [6.07, 6.45) is 37.5. The van der Waals surface area contributed by atoms with Crippen molar-refractivity contribution in [2.45, 2.75) is 161 Å². The first-order valence-corrected chi connectivity index (χ1v) is 19.7. The third-order valence-corrected chi connectivity index (χ3v) is 8.49. The Hall–Kier alpha value is -2.71. The lowest BCUT2D eigenvalue weighted by Crippen LogP contribution is -2.55. The number of ether oxygens (including phenoxy) is 3. The predicted molar refractivity (Wildman–Crippen MR) is 203 cm³/mol. The van der Waals surface area contributed by atoms with Gasteiger partial charge in [-0.1, -0.05) is 127 Å². The molecule has 0 aromatic carbocycles. The van der Waals surface area contributed by atoms with Crippen molar-refractivity contribution in [3.05, 3.63) is 48.6 Å². The molecule has 0 spiro atoms. The van der Waals surface area contributed by atoms with Gasteiger partial charge >= 0.3 is 11.9 Å². The van der Waals surface area contributed by atoms with Crippen molar-refractivity contribution in [3.8, 4) is 0 Å². The number of quaternary nitrogens is 1. The van der Waals surface area contributed by atoms with Gasteiger partial charge in [0.2, 0.25) is 0 Å². The molecule has 50 heavy (non-hydrogen) atoms. The van der Waals surface area contributed by atoms with Gasteiger partial charge in [0.25, 0.3) is 0 Å². The molecule has 2 atom stereocenters. The van der Waals surface area contributed by atoms with Gasteiger partial charge in [-0.2, -0.15) is 0 Å². The Morgan fingerprint density at radius 1 is 0.640 bits per heavy atom. The summed E-state index contributed by atoms with van der Waals surface area (Å²) in [5.41, 5.74) is 0. The van der Waals surface area contributed by atoms with E-state index >= 15 is 0 Å². The van der Waals surface area contributed by atoms with E-state index in [4.69, 9.17) is 14.2 Å². The van der Waals surface area contributed by atoms with E-state index in [9.17, 15) is 19.5 Å². The average molecular weight is 704 g/mol. The number of carboxylic acids is 1. The van der Waals surface area contributed by atoms with Gasteiger partial charge in [-0.15, -0.1) is 0 Å². The van der Waals surface area contributed by atoms with Gasteiger partial charge in [-0.3, -0.25) is 9.59 Å². The van der Waals surface area contributed by atoms with Crippen molar-refractivity contribution < 1.29 is 38.2 Å². The molecule has 0 bridgehead atoms. The Labute approximate surface area is 306 Å². The third kappa shape index (κ3) is 31.3. The Morgan fingerprint density at radius 3 is 1.80 bits per heavy atom. The summed E-state index contributed by atoms with van der Waals surface area (Å²) < 4.78 is 16.9. The monoisotopic (exact) mass is 704 g/mol. The van der Waals surface area contributed by atoms with Crippen LogP contribution in [0.1, 0.15) is 149 Å². The molecule has 2 unspecified atom stereocenters. The van der Waals surface area contributed by atoms with E-state index < -0.39 is 24.1 Å². The molecule has 0 saturated heterocycles. The van der Waals surface area contributed by atoms with Gasteiger partial charge in [0.1, 0.15) is 12.6 Å². The molecule has 0 fully saturated rings. The second-order valence-electron chi connectivity index (χ2n) is 14.2. The van der Waals surface area contributed by atoms with E-state index in [0.717, 1.165) is 32.1 Å². The molecular formula is C42H73NO7. The number of carboxylic acid groups (broad SMARTS) is 1. The topological polar surface area (TPSA) is 102 Å². The third-order valence-electron chi connectivity index (χ3n) is 8.49. The smallest absolute Gasteiger partial charge is 0.306 e. The van der Waals surface area contributed by atoms with Gasteiger partial charge in [0.05, 0.1) is 40.3 Å². The van der Waals surface area contributed by atoms with Crippen molar-refractivity contribution in [2.24, 2.45) is 0 Å². The minimum Gasteiger partial charge on any atom is -0.544 e. The maximum absolute atomic E-state index is 12.5. The van der Waals surface area contributed by atoms with Crippen LogP contribution in [0.4, 0.5) is 0 Å². The number of likely N-dealkylation sites (N-methyl/N-ethyl adjacent to an activating group) is 1. The van der Waals surface area contributed by atoms with E-state index in [0.29, 0.717) is 12.8 Å². The van der Waals surface area contributed by atoms with Crippen LogP contribution < -0.4 is 5.11 Å². The van der Waals surface area contributed by atoms with Crippen molar-refractivity contribution in [1.29, 1.82) is 0 Å². The molecular weight excluding hydrogens is 630 g/mol. The van der Waals surface area contributed by atoms with Crippen molar-refractivity contribution in [2.75, 3.05) is 41.0 Å². The largest absolute Gasteiger partial charge is 0.544 e. The lowest BCUT2D eigenvalue weighted by molar-refractivity contribution is -0.889. The summed E-state index contributed by atoms with van der Waals surface area (Å²) in [5, 5.41) is 11.5. The molecule has 0 aromatic rings. The highest BCUT2D eigenvalue weighted by Gasteiger charge is 2.25. The first kappa shape index (κ1) is 47.3. The lowest BCUT2D eigenvalue weighted by Gasteiger charge is -2.34. The summed E-state index contributed by atoms with van der Waals surface area (Å²) in [7, 11) is 5.37. The predicted octanol–water partition coefficient (Wildman–Crippen LogP) is 8.74. The highest BCUT2D eigenvalue weighted by Crippen LogP contribution is 2.13. The van der Waals surface area contributed by atoms with Crippen LogP contribution in [0.25, 0.3) is 0 Å². The highest BCUT2D eigenvalue weighted by atomic mass is 16.6. The number of carbonyl (C=O) groups is 3. The first-order valence-electron chi connectivity index (χ1n) is 19.7. The summed E-state index contributed by atoms with van der Waals surface area (Å²) in [6.45, 7) is 4.40. The van der Waals surface area contributed by atoms with Crippen LogP contribution in [0.15, 0.2) is 48.6 Å². The molecule has 0 rings (SSSR count). The summed E-state index contributed by atoms with van der Waals surface area (Å²) in [4.78, 5) is 36.5. The Morgan fingerprint density at radius 2 is 1.22 bits per heavy atom. The molecule has 0 amide bonds. The van der Waals surface area contributed by atoms with Crippen LogP contribution >= 0.6 is 0 Å². The molecule has 288 valence electrons. The van der Waals surface area contributed by atoms with Gasteiger partial charge in [0.15, 0.2) is 6.10 Å². The minimum absolute atomic E-state index is 0.0154. The van der Waals surface area contributed by atoms with Crippen LogP contribution in [0.2, 0.25) is 0 Å². The second kappa shape index (κ2) is 33.4. The molecule has 0 aliphatic heterocycles. The number of unbranched alkanes of at least 4 members (excludes halogenated alkanes) is 13. The zero-order chi connectivity index (χ0) is 37.1. The van der Waals surface area contributed by atoms with Crippen molar-refractivity contribution in [3.63, 3.8) is 0 Å². The number of aliphatic carboxylic acids is 1. The number of hydrogen-bond acceptors (Lipinski definition) is 7. The Balaban J connectivity index is 4.26. The fourth-order valence-corrected chi connectivity index (χ4v) is 5.41.